The number of methoxy groups -OCH3 is 1. The third-order valence-corrected chi connectivity index (χ3v) is 5.40. The van der Waals surface area contributed by atoms with E-state index >= 15 is 0 Å². The quantitative estimate of drug-likeness (QED) is 0.752. The van der Waals surface area contributed by atoms with E-state index in [2.05, 4.69) is 15.4 Å². The summed E-state index contributed by atoms with van der Waals surface area (Å²) in [6, 6.07) is 11.2. The molecule has 0 unspecified atom stereocenters. The molecule has 1 aliphatic heterocycles. The SMILES string of the molecule is COc1ccccc1[C@H]1C2=C(C[C@H](c3ccco3)CC2=O)Nc2nc(C)nn21. The van der Waals surface area contributed by atoms with E-state index in [1.807, 2.05) is 43.3 Å². The second kappa shape index (κ2) is 6.37. The number of hydrogen-bond donors (Lipinski definition) is 1. The van der Waals surface area contributed by atoms with E-state index in [-0.39, 0.29) is 17.7 Å². The fourth-order valence-electron chi connectivity index (χ4n) is 4.22. The number of hydrogen-bond acceptors (Lipinski definition) is 6. The molecule has 142 valence electrons. The van der Waals surface area contributed by atoms with E-state index in [0.717, 1.165) is 28.3 Å². The number of furan rings is 1. The van der Waals surface area contributed by atoms with Crippen LogP contribution in [0.3, 0.4) is 0 Å². The highest BCUT2D eigenvalue weighted by atomic mass is 16.5. The number of allylic oxidation sites excluding steroid dienone is 2. The molecular formula is C21H20N4O3. The summed E-state index contributed by atoms with van der Waals surface area (Å²) in [5.74, 6) is 2.95. The second-order valence-corrected chi connectivity index (χ2v) is 7.13. The number of para-hydroxylation sites is 1. The van der Waals surface area contributed by atoms with Crippen molar-refractivity contribution in [3.63, 3.8) is 0 Å². The first-order valence-corrected chi connectivity index (χ1v) is 9.28. The van der Waals surface area contributed by atoms with Crippen LogP contribution in [0, 0.1) is 6.92 Å². The molecule has 7 heteroatoms. The number of aromatic nitrogens is 3. The van der Waals surface area contributed by atoms with Crippen molar-refractivity contribution in [3.05, 3.63) is 71.1 Å². The van der Waals surface area contributed by atoms with Gasteiger partial charge in [0.05, 0.1) is 13.4 Å². The number of rotatable bonds is 3. The molecule has 2 aliphatic rings. The van der Waals surface area contributed by atoms with E-state index in [0.29, 0.717) is 24.6 Å². The molecule has 0 spiro atoms. The third-order valence-electron chi connectivity index (χ3n) is 5.40. The lowest BCUT2D eigenvalue weighted by Gasteiger charge is -2.34. The Hall–Kier alpha value is -3.35. The van der Waals surface area contributed by atoms with Gasteiger partial charge in [-0.2, -0.15) is 10.1 Å². The molecule has 0 saturated carbocycles. The van der Waals surface area contributed by atoms with Crippen LogP contribution in [0.25, 0.3) is 0 Å². The van der Waals surface area contributed by atoms with Crippen LogP contribution in [0.1, 0.15) is 41.9 Å². The minimum Gasteiger partial charge on any atom is -0.496 e. The van der Waals surface area contributed by atoms with Gasteiger partial charge in [0.15, 0.2) is 5.78 Å². The molecule has 0 radical (unpaired) electrons. The molecule has 2 aromatic heterocycles. The Morgan fingerprint density at radius 2 is 2.07 bits per heavy atom. The molecule has 28 heavy (non-hydrogen) atoms. The van der Waals surface area contributed by atoms with Crippen molar-refractivity contribution in [3.8, 4) is 5.75 Å². The molecule has 3 aromatic rings. The fourth-order valence-corrected chi connectivity index (χ4v) is 4.22. The zero-order chi connectivity index (χ0) is 19.3. The molecule has 1 aromatic carbocycles. The van der Waals surface area contributed by atoms with E-state index in [1.165, 1.54) is 0 Å². The van der Waals surface area contributed by atoms with Crippen molar-refractivity contribution >= 4 is 11.7 Å². The van der Waals surface area contributed by atoms with Gasteiger partial charge in [-0.1, -0.05) is 18.2 Å². The van der Waals surface area contributed by atoms with Gasteiger partial charge in [0.25, 0.3) is 0 Å². The van der Waals surface area contributed by atoms with E-state index in [9.17, 15) is 4.79 Å². The van der Waals surface area contributed by atoms with Gasteiger partial charge in [0.2, 0.25) is 5.95 Å². The number of ether oxygens (including phenoxy) is 1. The van der Waals surface area contributed by atoms with Gasteiger partial charge in [-0.15, -0.1) is 0 Å². The number of benzene rings is 1. The first-order valence-electron chi connectivity index (χ1n) is 9.28. The zero-order valence-corrected chi connectivity index (χ0v) is 15.7. The maximum absolute atomic E-state index is 13.3. The van der Waals surface area contributed by atoms with Gasteiger partial charge in [0.1, 0.15) is 23.4 Å². The van der Waals surface area contributed by atoms with E-state index in [4.69, 9.17) is 9.15 Å². The van der Waals surface area contributed by atoms with Crippen LogP contribution in [0.4, 0.5) is 5.95 Å². The summed E-state index contributed by atoms with van der Waals surface area (Å²) in [7, 11) is 1.64. The summed E-state index contributed by atoms with van der Waals surface area (Å²) >= 11 is 0. The maximum Gasteiger partial charge on any atom is 0.226 e. The summed E-state index contributed by atoms with van der Waals surface area (Å²) in [6.45, 7) is 1.85. The average Bonchev–Trinajstić information content (AvgIpc) is 3.35. The lowest BCUT2D eigenvalue weighted by molar-refractivity contribution is -0.117. The molecule has 0 saturated heterocycles. The van der Waals surface area contributed by atoms with Gasteiger partial charge in [0, 0.05) is 29.2 Å². The standard InChI is InChI=1S/C21H20N4O3/c1-12-22-21-23-15-10-13(17-8-5-9-28-17)11-16(26)19(15)20(25(21)24-12)14-6-3-4-7-18(14)27-2/h3-9,13,20H,10-11H2,1-2H3,(H,22,23,24)/t13-,20-/m0/s1. The van der Waals surface area contributed by atoms with Crippen molar-refractivity contribution in [2.75, 3.05) is 12.4 Å². The Morgan fingerprint density at radius 1 is 1.21 bits per heavy atom. The van der Waals surface area contributed by atoms with Crippen molar-refractivity contribution in [1.82, 2.24) is 14.8 Å². The summed E-state index contributed by atoms with van der Waals surface area (Å²) in [6.07, 6.45) is 2.74. The number of anilines is 1. The second-order valence-electron chi connectivity index (χ2n) is 7.13. The molecule has 0 fully saturated rings. The van der Waals surface area contributed by atoms with E-state index < -0.39 is 0 Å². The van der Waals surface area contributed by atoms with E-state index in [1.54, 1.807) is 18.1 Å². The Morgan fingerprint density at radius 3 is 2.86 bits per heavy atom. The Kier molecular flexibility index (Phi) is 3.82. The summed E-state index contributed by atoms with van der Waals surface area (Å²) in [5.41, 5.74) is 2.51. The Bertz CT molecular complexity index is 1080. The predicted octanol–water partition coefficient (Wildman–Crippen LogP) is 3.60. The minimum absolute atomic E-state index is 0.0163. The highest BCUT2D eigenvalue weighted by Gasteiger charge is 2.41. The van der Waals surface area contributed by atoms with Crippen LogP contribution in [0.2, 0.25) is 0 Å². The number of nitrogens with zero attached hydrogens (tertiary/aromatic N) is 3. The summed E-state index contributed by atoms with van der Waals surface area (Å²) < 4.78 is 12.9. The largest absolute Gasteiger partial charge is 0.496 e. The summed E-state index contributed by atoms with van der Waals surface area (Å²) in [5, 5.41) is 7.91. The maximum atomic E-state index is 13.3. The number of aryl methyl sites for hydroxylation is 1. The van der Waals surface area contributed by atoms with Gasteiger partial charge in [-0.3, -0.25) is 4.79 Å². The Balaban J connectivity index is 1.66. The lowest BCUT2D eigenvalue weighted by Crippen LogP contribution is -2.33. The van der Waals surface area contributed by atoms with Crippen molar-refractivity contribution in [2.24, 2.45) is 0 Å². The molecule has 3 heterocycles. The normalized spacial score (nSPS) is 21.1. The first-order chi connectivity index (χ1) is 13.7. The third kappa shape index (κ3) is 2.54. The predicted molar refractivity (Wildman–Crippen MR) is 102 cm³/mol. The smallest absolute Gasteiger partial charge is 0.226 e. The molecule has 0 amide bonds. The van der Waals surface area contributed by atoms with Gasteiger partial charge in [-0.05, 0) is 31.5 Å². The number of carbonyl (C=O) groups is 1. The molecule has 0 bridgehead atoms. The van der Waals surface area contributed by atoms with Crippen LogP contribution in [-0.4, -0.2) is 27.7 Å². The number of carbonyl (C=O) groups excluding carboxylic acids is 1. The molecule has 7 nitrogen and oxygen atoms in total. The number of fused-ring (bicyclic) bond motifs is 1. The average molecular weight is 376 g/mol. The minimum atomic E-state index is -0.367. The van der Waals surface area contributed by atoms with Crippen molar-refractivity contribution in [2.45, 2.75) is 31.7 Å². The highest BCUT2D eigenvalue weighted by Crippen LogP contribution is 2.45. The molecule has 5 rings (SSSR count). The van der Waals surface area contributed by atoms with Crippen molar-refractivity contribution in [1.29, 1.82) is 0 Å². The van der Waals surface area contributed by atoms with Crippen LogP contribution in [0.5, 0.6) is 5.75 Å². The molecule has 1 aliphatic carbocycles. The molecule has 2 atom stereocenters. The fraction of sp³-hybridized carbons (Fsp3) is 0.286. The number of Topliss-reactive ketones (excluding diaryl/α,β-unsaturated/α-hetero) is 1. The number of nitrogens with one attached hydrogen (secondary N) is 1. The van der Waals surface area contributed by atoms with Crippen molar-refractivity contribution < 1.29 is 13.9 Å². The van der Waals surface area contributed by atoms with Gasteiger partial charge in [-0.25, -0.2) is 4.68 Å². The molecule has 1 N–H and O–H groups in total. The Labute approximate surface area is 162 Å². The van der Waals surface area contributed by atoms with Crippen LogP contribution in [-0.2, 0) is 4.79 Å². The number of ketones is 1. The van der Waals surface area contributed by atoms with Crippen LogP contribution >= 0.6 is 0 Å². The lowest BCUT2D eigenvalue weighted by atomic mass is 9.79. The van der Waals surface area contributed by atoms with Gasteiger partial charge < -0.3 is 14.5 Å². The highest BCUT2D eigenvalue weighted by molar-refractivity contribution is 6.00. The van der Waals surface area contributed by atoms with Crippen LogP contribution in [0.15, 0.2) is 58.3 Å². The van der Waals surface area contributed by atoms with Crippen LogP contribution < -0.4 is 10.1 Å². The first kappa shape index (κ1) is 16.8. The summed E-state index contributed by atoms with van der Waals surface area (Å²) in [4.78, 5) is 17.8. The zero-order valence-electron chi connectivity index (χ0n) is 15.7. The monoisotopic (exact) mass is 376 g/mol. The topological polar surface area (TPSA) is 82.2 Å². The van der Waals surface area contributed by atoms with Gasteiger partial charge >= 0.3 is 0 Å². The molecular weight excluding hydrogens is 356 g/mol.